The number of benzene rings is 3. The zero-order chi connectivity index (χ0) is 35.1. The molecule has 3 aromatic carbocycles. The highest BCUT2D eigenvalue weighted by molar-refractivity contribution is 7.97. The van der Waals surface area contributed by atoms with E-state index in [-0.39, 0.29) is 0 Å². The molecule has 0 aromatic heterocycles. The predicted molar refractivity (Wildman–Crippen MR) is 140 cm³/mol. The third kappa shape index (κ3) is 7.31. The minimum absolute atomic E-state index is 0.293. The standard InChI is InChI=1S/C27H21F11O6S2/c1-22(2,25(39,26(33,34)35)27(36,37)38)44-17-10-14-20(15-11-17)45(18-6-4-3-5-7-18)19-12-8-16(9-13-19)43-21(23(28,29)30)24(31,32)46(40,41)42/h3-15,21,39H,1-2H3/p+1. The van der Waals surface area contributed by atoms with Gasteiger partial charge >= 0.3 is 33.9 Å². The van der Waals surface area contributed by atoms with Gasteiger partial charge in [0.05, 0.1) is 10.9 Å². The van der Waals surface area contributed by atoms with Crippen molar-refractivity contribution in [2.75, 3.05) is 0 Å². The van der Waals surface area contributed by atoms with Crippen molar-refractivity contribution in [3.63, 3.8) is 0 Å². The van der Waals surface area contributed by atoms with Crippen molar-refractivity contribution in [1.82, 2.24) is 0 Å². The van der Waals surface area contributed by atoms with E-state index in [1.54, 1.807) is 30.3 Å². The van der Waals surface area contributed by atoms with Crippen LogP contribution in [0.4, 0.5) is 48.3 Å². The molecule has 0 saturated carbocycles. The van der Waals surface area contributed by atoms with E-state index in [2.05, 4.69) is 4.74 Å². The smallest absolute Gasteiger partial charge is 0.432 e. The lowest BCUT2D eigenvalue weighted by atomic mass is 9.84. The molecule has 0 bridgehead atoms. The summed E-state index contributed by atoms with van der Waals surface area (Å²) in [6.45, 7) is 0.796. The van der Waals surface area contributed by atoms with E-state index in [1.165, 1.54) is 12.1 Å². The molecule has 0 fully saturated rings. The van der Waals surface area contributed by atoms with Gasteiger partial charge in [-0.25, -0.2) is 0 Å². The largest absolute Gasteiger partial charge is 0.484 e. The highest BCUT2D eigenvalue weighted by Crippen LogP contribution is 2.50. The fourth-order valence-electron chi connectivity index (χ4n) is 4.07. The molecule has 2 atom stereocenters. The van der Waals surface area contributed by atoms with Crippen LogP contribution < -0.4 is 9.47 Å². The molecule has 0 saturated heterocycles. The molecule has 0 heterocycles. The van der Waals surface area contributed by atoms with Crippen molar-refractivity contribution in [3.8, 4) is 11.5 Å². The number of rotatable bonds is 10. The summed E-state index contributed by atoms with van der Waals surface area (Å²) in [6, 6.07) is 16.5. The van der Waals surface area contributed by atoms with Crippen molar-refractivity contribution < 1.29 is 75.8 Å². The minimum Gasteiger partial charge on any atom is -0.484 e. The topological polar surface area (TPSA) is 93.1 Å². The summed E-state index contributed by atoms with van der Waals surface area (Å²) in [4.78, 5) is 1.18. The molecule has 6 nitrogen and oxygen atoms in total. The van der Waals surface area contributed by atoms with Gasteiger partial charge in [-0.1, -0.05) is 18.2 Å². The fourth-order valence-corrected chi connectivity index (χ4v) is 6.59. The third-order valence-electron chi connectivity index (χ3n) is 6.36. The summed E-state index contributed by atoms with van der Waals surface area (Å²) in [5.41, 5.74) is -8.54. The Bertz CT molecular complexity index is 1570. The van der Waals surface area contributed by atoms with Gasteiger partial charge in [0, 0.05) is 0 Å². The first-order valence-corrected chi connectivity index (χ1v) is 15.0. The van der Waals surface area contributed by atoms with Gasteiger partial charge in [0.1, 0.15) is 11.5 Å². The normalized spacial score (nSPS) is 15.3. The van der Waals surface area contributed by atoms with E-state index in [4.69, 9.17) is 9.29 Å². The number of hydrogen-bond donors (Lipinski definition) is 2. The molecule has 46 heavy (non-hydrogen) atoms. The summed E-state index contributed by atoms with van der Waals surface area (Å²) in [5.74, 6) is -1.36. The van der Waals surface area contributed by atoms with Gasteiger partial charge in [-0.2, -0.15) is 56.7 Å². The van der Waals surface area contributed by atoms with Crippen LogP contribution in [0, 0.1) is 0 Å². The molecule has 0 radical (unpaired) electrons. The summed E-state index contributed by atoms with van der Waals surface area (Å²) < 4.78 is 188. The quantitative estimate of drug-likeness (QED) is 0.128. The highest BCUT2D eigenvalue weighted by Gasteiger charge is 2.78. The second-order valence-corrected chi connectivity index (χ2v) is 13.5. The van der Waals surface area contributed by atoms with E-state index in [0.29, 0.717) is 28.5 Å². The molecule has 0 aliphatic carbocycles. The second kappa shape index (κ2) is 12.4. The fraction of sp³-hybridized carbons (Fsp3) is 0.333. The van der Waals surface area contributed by atoms with Crippen molar-refractivity contribution in [3.05, 3.63) is 78.9 Å². The Kier molecular flexibility index (Phi) is 10.0. The van der Waals surface area contributed by atoms with Gasteiger partial charge < -0.3 is 14.6 Å². The van der Waals surface area contributed by atoms with Crippen LogP contribution in [0.3, 0.4) is 0 Å². The first kappa shape index (κ1) is 37.2. The van der Waals surface area contributed by atoms with Crippen LogP contribution in [0.5, 0.6) is 11.5 Å². The Morgan fingerprint density at radius 1 is 0.652 bits per heavy atom. The van der Waals surface area contributed by atoms with Gasteiger partial charge in [-0.05, 0) is 74.5 Å². The van der Waals surface area contributed by atoms with Crippen LogP contribution in [0.25, 0.3) is 0 Å². The van der Waals surface area contributed by atoms with E-state index in [0.717, 1.165) is 36.4 Å². The van der Waals surface area contributed by atoms with Gasteiger partial charge in [-0.3, -0.25) is 4.55 Å². The van der Waals surface area contributed by atoms with E-state index < -0.39 is 73.6 Å². The monoisotopic (exact) mass is 715 g/mol. The average molecular weight is 716 g/mol. The molecule has 2 unspecified atom stereocenters. The molecule has 0 spiro atoms. The van der Waals surface area contributed by atoms with Crippen molar-refractivity contribution >= 4 is 21.0 Å². The molecule has 2 N–H and O–H groups in total. The van der Waals surface area contributed by atoms with Crippen LogP contribution in [0.2, 0.25) is 0 Å². The molecular weight excluding hydrogens is 693 g/mol. The van der Waals surface area contributed by atoms with Crippen molar-refractivity contribution in [2.24, 2.45) is 0 Å². The first-order chi connectivity index (χ1) is 20.7. The maximum absolute atomic E-state index is 13.9. The van der Waals surface area contributed by atoms with Crippen LogP contribution in [0.15, 0.2) is 93.5 Å². The first-order valence-electron chi connectivity index (χ1n) is 12.4. The Balaban J connectivity index is 1.99. The molecule has 0 aliphatic heterocycles. The molecule has 3 aromatic rings. The summed E-state index contributed by atoms with van der Waals surface area (Å²) in [7, 11) is -7.74. The van der Waals surface area contributed by atoms with Gasteiger partial charge in [0.15, 0.2) is 20.3 Å². The summed E-state index contributed by atoms with van der Waals surface area (Å²) in [5, 5.41) is 4.02. The summed E-state index contributed by atoms with van der Waals surface area (Å²) >= 11 is 0. The molecule has 0 aliphatic rings. The molecule has 19 heteroatoms. The average Bonchev–Trinajstić information content (AvgIpc) is 2.91. The number of aliphatic hydroxyl groups is 1. The van der Waals surface area contributed by atoms with Crippen LogP contribution in [-0.2, 0) is 21.0 Å². The zero-order valence-electron chi connectivity index (χ0n) is 23.1. The maximum atomic E-state index is 13.9. The molecule has 254 valence electrons. The molecule has 0 amide bonds. The lowest BCUT2D eigenvalue weighted by molar-refractivity contribution is -0.403. The second-order valence-electron chi connectivity index (χ2n) is 9.96. The van der Waals surface area contributed by atoms with Crippen molar-refractivity contribution in [1.29, 1.82) is 0 Å². The summed E-state index contributed by atoms with van der Waals surface area (Å²) in [6.07, 6.45) is -22.6. The van der Waals surface area contributed by atoms with E-state index in [9.17, 15) is 61.8 Å². The van der Waals surface area contributed by atoms with Gasteiger partial charge in [0.25, 0.3) is 11.7 Å². The SMILES string of the molecule is CC(C)(Oc1ccc([S+](c2ccccc2)c2ccc(OC(C(F)(F)F)C(F)(F)S(=O)(=O)O)cc2)cc1)C(O)(C(F)(F)F)C(F)(F)F. The van der Waals surface area contributed by atoms with Gasteiger partial charge in [-0.15, -0.1) is 0 Å². The zero-order valence-corrected chi connectivity index (χ0v) is 24.7. The molecular formula is C27H22F11O6S2+. The number of hydrogen-bond acceptors (Lipinski definition) is 5. The van der Waals surface area contributed by atoms with Gasteiger partial charge in [0.2, 0.25) is 0 Å². The lowest BCUT2D eigenvalue weighted by Gasteiger charge is -2.43. The van der Waals surface area contributed by atoms with Crippen LogP contribution in [-0.4, -0.2) is 59.2 Å². The Labute approximate surface area is 256 Å². The Morgan fingerprint density at radius 3 is 1.41 bits per heavy atom. The van der Waals surface area contributed by atoms with E-state index in [1.807, 2.05) is 0 Å². The van der Waals surface area contributed by atoms with Crippen molar-refractivity contribution in [2.45, 2.75) is 69.6 Å². The number of alkyl halides is 11. The minimum atomic E-state index is -6.55. The van der Waals surface area contributed by atoms with Crippen LogP contribution >= 0.6 is 0 Å². The highest BCUT2D eigenvalue weighted by atomic mass is 32.2. The Hall–Kier alpha value is -3.29. The van der Waals surface area contributed by atoms with E-state index >= 15 is 0 Å². The number of halogens is 11. The molecule has 3 rings (SSSR count). The van der Waals surface area contributed by atoms with Crippen LogP contribution in [0.1, 0.15) is 13.8 Å². The Morgan fingerprint density at radius 2 is 1.04 bits per heavy atom. The lowest BCUT2D eigenvalue weighted by Crippen LogP contribution is -2.70. The third-order valence-corrected chi connectivity index (χ3v) is 9.50. The maximum Gasteiger partial charge on any atom is 0.432 e. The number of ether oxygens (including phenoxy) is 2. The predicted octanol–water partition coefficient (Wildman–Crippen LogP) is 7.59.